The summed E-state index contributed by atoms with van der Waals surface area (Å²) < 4.78 is 40.3. The van der Waals surface area contributed by atoms with Crippen molar-refractivity contribution < 1.29 is 13.2 Å². The van der Waals surface area contributed by atoms with Crippen LogP contribution in [0.2, 0.25) is 0 Å². The van der Waals surface area contributed by atoms with Crippen molar-refractivity contribution in [2.75, 3.05) is 0 Å². The number of nitrogens with zero attached hydrogens (tertiary/aromatic N) is 5. The van der Waals surface area contributed by atoms with Gasteiger partial charge in [-0.15, -0.1) is 0 Å². The summed E-state index contributed by atoms with van der Waals surface area (Å²) in [6, 6.07) is 6.75. The lowest BCUT2D eigenvalue weighted by atomic mass is 10.1. The number of fused-ring (bicyclic) bond motifs is 1. The second-order valence-electron chi connectivity index (χ2n) is 4.49. The van der Waals surface area contributed by atoms with Gasteiger partial charge in [0.05, 0.1) is 9.81 Å². The summed E-state index contributed by atoms with van der Waals surface area (Å²) in [5.41, 5.74) is -0.548. The minimum Gasteiger partial charge on any atom is -0.224 e. The summed E-state index contributed by atoms with van der Waals surface area (Å²) in [6.45, 7) is 0. The zero-order valence-corrected chi connectivity index (χ0v) is 13.5. The number of hydrogen-bond donors (Lipinski definition) is 0. The first-order chi connectivity index (χ1) is 12.0. The molecule has 5 nitrogen and oxygen atoms in total. The van der Waals surface area contributed by atoms with Crippen molar-refractivity contribution in [3.63, 3.8) is 0 Å². The van der Waals surface area contributed by atoms with Crippen LogP contribution in [-0.4, -0.2) is 9.97 Å². The Morgan fingerprint density at radius 2 is 1.36 bits per heavy atom. The van der Waals surface area contributed by atoms with Crippen molar-refractivity contribution in [1.29, 1.82) is 15.8 Å². The molecular formula is C15H2F3N5S2. The van der Waals surface area contributed by atoms with E-state index in [9.17, 15) is 18.4 Å². The fraction of sp³-hybridized carbons (Fsp3) is 0. The molecule has 1 aliphatic heterocycles. The molecule has 2 heterocycles. The Morgan fingerprint density at radius 3 is 1.76 bits per heavy atom. The molecule has 2 aromatic rings. The number of halogens is 3. The Kier molecular flexibility index (Phi) is 4.37. The molecule has 1 aromatic heterocycles. The van der Waals surface area contributed by atoms with Crippen molar-refractivity contribution in [3.05, 3.63) is 50.8 Å². The largest absolute Gasteiger partial charge is 0.224 e. The lowest BCUT2D eigenvalue weighted by Gasteiger charge is -2.04. The van der Waals surface area contributed by atoms with Crippen LogP contribution in [0, 0.1) is 51.4 Å². The smallest absolute Gasteiger partial charge is 0.194 e. The highest BCUT2D eigenvalue weighted by molar-refractivity contribution is 8.24. The van der Waals surface area contributed by atoms with E-state index in [1.807, 2.05) is 6.07 Å². The van der Waals surface area contributed by atoms with Crippen LogP contribution < -0.4 is 0 Å². The van der Waals surface area contributed by atoms with Crippen molar-refractivity contribution in [2.24, 2.45) is 0 Å². The molecule has 0 saturated carbocycles. The zero-order valence-electron chi connectivity index (χ0n) is 11.8. The average molecular weight is 373 g/mol. The van der Waals surface area contributed by atoms with Gasteiger partial charge in [-0.05, 0) is 17.7 Å². The highest BCUT2D eigenvalue weighted by Crippen LogP contribution is 2.52. The number of benzene rings is 1. The van der Waals surface area contributed by atoms with Gasteiger partial charge in [-0.1, -0.05) is 23.5 Å². The standard InChI is InChI=1S/C15H2F3N5S2/c16-8-1-6(2-9(17)12(8)18)7(3-19)15-24-13-14(25-15)23-11(5-21)10(4-20)22-13/h1-2H. The molecule has 0 fully saturated rings. The molecule has 120 valence electrons. The molecule has 0 unspecified atom stereocenters. The summed E-state index contributed by atoms with van der Waals surface area (Å²) >= 11 is 1.95. The highest BCUT2D eigenvalue weighted by atomic mass is 32.2. The van der Waals surface area contributed by atoms with Crippen molar-refractivity contribution in [3.8, 4) is 18.2 Å². The molecule has 3 rings (SSSR count). The van der Waals surface area contributed by atoms with Gasteiger partial charge in [0.1, 0.15) is 28.3 Å². The summed E-state index contributed by atoms with van der Waals surface area (Å²) in [5.74, 6) is -4.45. The van der Waals surface area contributed by atoms with Crippen LogP contribution >= 0.6 is 23.5 Å². The summed E-state index contributed by atoms with van der Waals surface area (Å²) in [5, 5.41) is 27.9. The van der Waals surface area contributed by atoms with Gasteiger partial charge in [0.25, 0.3) is 0 Å². The van der Waals surface area contributed by atoms with Gasteiger partial charge in [0, 0.05) is 0 Å². The maximum Gasteiger partial charge on any atom is 0.194 e. The summed E-state index contributed by atoms with van der Waals surface area (Å²) in [4.78, 5) is 7.99. The number of allylic oxidation sites excluding steroid dienone is 1. The maximum atomic E-state index is 13.4. The molecule has 0 bridgehead atoms. The third kappa shape index (κ3) is 2.91. The predicted molar refractivity (Wildman–Crippen MR) is 82.0 cm³/mol. The molecule has 0 N–H and O–H groups in total. The van der Waals surface area contributed by atoms with E-state index in [0.29, 0.717) is 14.3 Å². The van der Waals surface area contributed by atoms with Crippen LogP contribution in [0.1, 0.15) is 17.0 Å². The topological polar surface area (TPSA) is 97.1 Å². The Balaban J connectivity index is 2.11. The molecule has 25 heavy (non-hydrogen) atoms. The predicted octanol–water partition coefficient (Wildman–Crippen LogP) is 3.73. The molecule has 0 spiro atoms. The van der Waals surface area contributed by atoms with Crippen LogP contribution in [0.5, 0.6) is 0 Å². The van der Waals surface area contributed by atoms with Crippen LogP contribution in [-0.2, 0) is 0 Å². The van der Waals surface area contributed by atoms with E-state index >= 15 is 0 Å². The van der Waals surface area contributed by atoms with Crippen LogP contribution in [0.15, 0.2) is 26.4 Å². The molecule has 0 aliphatic carbocycles. The number of thioether (sulfide) groups is 2. The van der Waals surface area contributed by atoms with Crippen LogP contribution in [0.4, 0.5) is 13.2 Å². The molecular weight excluding hydrogens is 371 g/mol. The van der Waals surface area contributed by atoms with Gasteiger partial charge < -0.3 is 0 Å². The van der Waals surface area contributed by atoms with E-state index in [0.717, 1.165) is 35.7 Å². The molecule has 0 saturated heterocycles. The van der Waals surface area contributed by atoms with Gasteiger partial charge in [-0.2, -0.15) is 15.8 Å². The Morgan fingerprint density at radius 1 is 0.880 bits per heavy atom. The van der Waals surface area contributed by atoms with E-state index in [-0.39, 0.29) is 22.5 Å². The van der Waals surface area contributed by atoms with Crippen molar-refractivity contribution in [2.45, 2.75) is 10.1 Å². The number of rotatable bonds is 1. The fourth-order valence-electron chi connectivity index (χ4n) is 1.92. The first-order valence-corrected chi connectivity index (χ1v) is 7.99. The fourth-order valence-corrected chi connectivity index (χ4v) is 4.23. The van der Waals surface area contributed by atoms with E-state index in [1.165, 1.54) is 0 Å². The molecule has 0 atom stereocenters. The van der Waals surface area contributed by atoms with Crippen molar-refractivity contribution in [1.82, 2.24) is 9.97 Å². The van der Waals surface area contributed by atoms with Gasteiger partial charge in [0.2, 0.25) is 0 Å². The monoisotopic (exact) mass is 373 g/mol. The lowest BCUT2D eigenvalue weighted by molar-refractivity contribution is 0.446. The number of hydrogen-bond acceptors (Lipinski definition) is 7. The van der Waals surface area contributed by atoms with E-state index in [4.69, 9.17) is 10.5 Å². The van der Waals surface area contributed by atoms with E-state index in [1.54, 1.807) is 12.1 Å². The Bertz CT molecular complexity index is 1010. The van der Waals surface area contributed by atoms with Gasteiger partial charge in [-0.3, -0.25) is 0 Å². The lowest BCUT2D eigenvalue weighted by Crippen LogP contribution is -1.96. The SMILES string of the molecule is N#CC(=C1Sc2nc(C#N)c(C#N)nc2S1)c1cc(F)c(F)c(F)c1. The van der Waals surface area contributed by atoms with Gasteiger partial charge in [0.15, 0.2) is 28.8 Å². The minimum absolute atomic E-state index is 0.0929. The molecule has 1 aliphatic rings. The maximum absolute atomic E-state index is 13.4. The summed E-state index contributed by atoms with van der Waals surface area (Å²) in [7, 11) is 0. The Hall–Kier alpha value is -3.00. The molecule has 0 radical (unpaired) electrons. The first-order valence-electron chi connectivity index (χ1n) is 6.35. The number of nitriles is 3. The normalized spacial score (nSPS) is 12.1. The van der Waals surface area contributed by atoms with Gasteiger partial charge in [-0.25, -0.2) is 23.1 Å². The third-order valence-electron chi connectivity index (χ3n) is 3.01. The molecule has 1 aromatic carbocycles. The third-order valence-corrected chi connectivity index (χ3v) is 5.38. The Labute approximate surface area is 147 Å². The van der Waals surface area contributed by atoms with Gasteiger partial charge >= 0.3 is 0 Å². The summed E-state index contributed by atoms with van der Waals surface area (Å²) in [6.07, 6.45) is 0. The number of aromatic nitrogens is 2. The van der Waals surface area contributed by atoms with E-state index < -0.39 is 17.5 Å². The second kappa shape index (κ2) is 6.48. The molecule has 0 amide bonds. The van der Waals surface area contributed by atoms with Crippen LogP contribution in [0.25, 0.3) is 5.57 Å². The van der Waals surface area contributed by atoms with E-state index in [2.05, 4.69) is 9.97 Å². The first kappa shape index (κ1) is 16.8. The molecule has 10 heteroatoms. The minimum atomic E-state index is -1.62. The second-order valence-corrected chi connectivity index (χ2v) is 6.74. The quantitative estimate of drug-likeness (QED) is 0.555. The average Bonchev–Trinajstić information content (AvgIpc) is 3.01. The highest BCUT2D eigenvalue weighted by Gasteiger charge is 2.27. The van der Waals surface area contributed by atoms with Crippen molar-refractivity contribution >= 4 is 29.1 Å². The zero-order chi connectivity index (χ0) is 18.1. The van der Waals surface area contributed by atoms with Crippen LogP contribution in [0.3, 0.4) is 0 Å².